The number of halogens is 2. The van der Waals surface area contributed by atoms with Crippen LogP contribution < -0.4 is 5.32 Å². The van der Waals surface area contributed by atoms with E-state index in [0.717, 1.165) is 0 Å². The third-order valence-corrected chi connectivity index (χ3v) is 2.66. The zero-order valence-corrected chi connectivity index (χ0v) is 10.3. The average Bonchev–Trinajstić information content (AvgIpc) is 2.35. The molecule has 0 unspecified atom stereocenters. The quantitative estimate of drug-likeness (QED) is 0.912. The highest BCUT2D eigenvalue weighted by atomic mass is 79.9. The van der Waals surface area contributed by atoms with E-state index < -0.39 is 5.91 Å². The van der Waals surface area contributed by atoms with Gasteiger partial charge in [-0.2, -0.15) is 0 Å². The maximum atomic E-state index is 13.0. The molecule has 0 fully saturated rings. The first-order valence-corrected chi connectivity index (χ1v) is 5.67. The van der Waals surface area contributed by atoms with E-state index in [1.54, 1.807) is 0 Å². The summed E-state index contributed by atoms with van der Waals surface area (Å²) in [5.41, 5.74) is 0.471. The van der Waals surface area contributed by atoms with Crippen molar-refractivity contribution >= 4 is 27.5 Å². The topological polar surface area (TPSA) is 47.6 Å². The molecule has 1 aliphatic rings. The second-order valence-electron chi connectivity index (χ2n) is 3.28. The lowest BCUT2D eigenvalue weighted by Gasteiger charge is -2.15. The summed E-state index contributed by atoms with van der Waals surface area (Å²) in [7, 11) is 0. The third kappa shape index (κ3) is 2.97. The maximum Gasteiger partial charge on any atom is 0.294 e. The minimum absolute atomic E-state index is 0.108. The molecule has 0 spiro atoms. The van der Waals surface area contributed by atoms with Gasteiger partial charge in [-0.1, -0.05) is 0 Å². The van der Waals surface area contributed by atoms with Crippen LogP contribution in [0, 0.1) is 5.82 Å². The first-order valence-electron chi connectivity index (χ1n) is 4.88. The minimum Gasteiger partial charge on any atom is -0.494 e. The molecule has 17 heavy (non-hydrogen) atoms. The number of hydrogen-bond acceptors (Lipinski definition) is 3. The molecule has 1 aromatic rings. The minimum atomic E-state index is -0.428. The Balaban J connectivity index is 2.07. The summed E-state index contributed by atoms with van der Waals surface area (Å²) in [5, 5.41) is 2.57. The predicted molar refractivity (Wildman–Crippen MR) is 62.7 cm³/mol. The lowest BCUT2D eigenvalue weighted by atomic mass is 10.3. The summed E-state index contributed by atoms with van der Waals surface area (Å²) in [5.74, 6) is -0.709. The fraction of sp³-hybridized carbons (Fsp3) is 0.182. The molecular weight excluding hydrogens is 293 g/mol. The van der Waals surface area contributed by atoms with Crippen molar-refractivity contribution in [2.45, 2.75) is 0 Å². The van der Waals surface area contributed by atoms with Crippen LogP contribution in [0.5, 0.6) is 0 Å². The standard InChI is InChI=1S/C11H9BrFNO3/c12-8-5-7(1-2-9(8)13)14-11(15)10-6-16-3-4-17-10/h1-2,5-6H,3-4H2,(H,14,15). The Morgan fingerprint density at radius 1 is 1.41 bits per heavy atom. The summed E-state index contributed by atoms with van der Waals surface area (Å²) >= 11 is 3.04. The van der Waals surface area contributed by atoms with E-state index in [9.17, 15) is 9.18 Å². The van der Waals surface area contributed by atoms with Crippen molar-refractivity contribution in [3.8, 4) is 0 Å². The molecule has 0 saturated heterocycles. The molecule has 1 N–H and O–H groups in total. The Labute approximate surface area is 106 Å². The maximum absolute atomic E-state index is 13.0. The number of amides is 1. The molecule has 0 saturated carbocycles. The van der Waals surface area contributed by atoms with Crippen molar-refractivity contribution < 1.29 is 18.7 Å². The Kier molecular flexibility index (Phi) is 3.63. The number of ether oxygens (including phenoxy) is 2. The summed E-state index contributed by atoms with van der Waals surface area (Å²) in [6.45, 7) is 0.769. The van der Waals surface area contributed by atoms with Crippen molar-refractivity contribution in [1.82, 2.24) is 0 Å². The number of carbonyl (C=O) groups excluding carboxylic acids is 1. The molecule has 0 aliphatic carbocycles. The Bertz CT molecular complexity index is 476. The summed E-state index contributed by atoms with van der Waals surface area (Å²) in [6, 6.07) is 4.19. The summed E-state index contributed by atoms with van der Waals surface area (Å²) in [6.07, 6.45) is 1.26. The first-order chi connectivity index (χ1) is 8.16. The van der Waals surface area contributed by atoms with Crippen molar-refractivity contribution in [1.29, 1.82) is 0 Å². The van der Waals surface area contributed by atoms with Gasteiger partial charge in [0.2, 0.25) is 5.76 Å². The highest BCUT2D eigenvalue weighted by Crippen LogP contribution is 2.20. The SMILES string of the molecule is O=C(Nc1ccc(F)c(Br)c1)C1=COCCO1. The molecule has 0 aromatic heterocycles. The van der Waals surface area contributed by atoms with Gasteiger partial charge in [0, 0.05) is 5.69 Å². The lowest BCUT2D eigenvalue weighted by Crippen LogP contribution is -2.21. The van der Waals surface area contributed by atoms with Crippen LogP contribution in [-0.2, 0) is 14.3 Å². The van der Waals surface area contributed by atoms with Crippen LogP contribution in [0.3, 0.4) is 0 Å². The molecule has 1 aromatic carbocycles. The van der Waals surface area contributed by atoms with Crippen LogP contribution in [0.2, 0.25) is 0 Å². The van der Waals surface area contributed by atoms with Crippen LogP contribution in [-0.4, -0.2) is 19.1 Å². The van der Waals surface area contributed by atoms with E-state index in [4.69, 9.17) is 9.47 Å². The molecule has 2 rings (SSSR count). The van der Waals surface area contributed by atoms with E-state index in [0.29, 0.717) is 18.9 Å². The number of benzene rings is 1. The van der Waals surface area contributed by atoms with Gasteiger partial charge in [-0.15, -0.1) is 0 Å². The zero-order valence-electron chi connectivity index (χ0n) is 8.70. The smallest absolute Gasteiger partial charge is 0.294 e. The van der Waals surface area contributed by atoms with Gasteiger partial charge in [0.25, 0.3) is 5.91 Å². The molecule has 90 valence electrons. The molecule has 1 heterocycles. The predicted octanol–water partition coefficient (Wildman–Crippen LogP) is 2.41. The van der Waals surface area contributed by atoms with Crippen LogP contribution in [0.1, 0.15) is 0 Å². The number of rotatable bonds is 2. The van der Waals surface area contributed by atoms with Crippen LogP contribution >= 0.6 is 15.9 Å². The van der Waals surface area contributed by atoms with Gasteiger partial charge >= 0.3 is 0 Å². The van der Waals surface area contributed by atoms with Crippen molar-refractivity contribution in [2.24, 2.45) is 0 Å². The fourth-order valence-electron chi connectivity index (χ4n) is 1.25. The summed E-state index contributed by atoms with van der Waals surface area (Å²) < 4.78 is 23.3. The number of carbonyl (C=O) groups is 1. The van der Waals surface area contributed by atoms with Crippen molar-refractivity contribution in [3.05, 3.63) is 40.5 Å². The van der Waals surface area contributed by atoms with E-state index in [1.165, 1.54) is 24.5 Å². The molecule has 6 heteroatoms. The molecule has 1 aliphatic heterocycles. The highest BCUT2D eigenvalue weighted by molar-refractivity contribution is 9.10. The van der Waals surface area contributed by atoms with Crippen molar-refractivity contribution in [3.63, 3.8) is 0 Å². The Morgan fingerprint density at radius 3 is 2.88 bits per heavy atom. The van der Waals surface area contributed by atoms with Gasteiger partial charge in [-0.25, -0.2) is 4.39 Å². The molecule has 1 amide bonds. The molecule has 0 bridgehead atoms. The second-order valence-corrected chi connectivity index (χ2v) is 4.14. The van der Waals surface area contributed by atoms with Gasteiger partial charge in [0.05, 0.1) is 4.47 Å². The second kappa shape index (κ2) is 5.18. The van der Waals surface area contributed by atoms with E-state index in [1.807, 2.05) is 0 Å². The highest BCUT2D eigenvalue weighted by Gasteiger charge is 2.15. The number of nitrogens with one attached hydrogen (secondary N) is 1. The van der Waals surface area contributed by atoms with Crippen LogP contribution in [0.25, 0.3) is 0 Å². The molecule has 4 nitrogen and oxygen atoms in total. The summed E-state index contributed by atoms with van der Waals surface area (Å²) in [4.78, 5) is 11.7. The monoisotopic (exact) mass is 301 g/mol. The largest absolute Gasteiger partial charge is 0.494 e. The van der Waals surface area contributed by atoms with E-state index in [2.05, 4.69) is 21.2 Å². The molecular formula is C11H9BrFNO3. The van der Waals surface area contributed by atoms with Gasteiger partial charge in [-0.3, -0.25) is 4.79 Å². The van der Waals surface area contributed by atoms with Gasteiger partial charge in [0.15, 0.2) is 0 Å². The number of hydrogen-bond donors (Lipinski definition) is 1. The average molecular weight is 302 g/mol. The van der Waals surface area contributed by atoms with E-state index >= 15 is 0 Å². The van der Waals surface area contributed by atoms with Gasteiger partial charge in [-0.05, 0) is 34.1 Å². The normalized spacial score (nSPS) is 14.4. The first kappa shape index (κ1) is 11.9. The lowest BCUT2D eigenvalue weighted by molar-refractivity contribution is -0.117. The number of anilines is 1. The van der Waals surface area contributed by atoms with Gasteiger partial charge < -0.3 is 14.8 Å². The Morgan fingerprint density at radius 2 is 2.24 bits per heavy atom. The zero-order chi connectivity index (χ0) is 12.3. The van der Waals surface area contributed by atoms with Gasteiger partial charge in [0.1, 0.15) is 25.3 Å². The molecule has 0 atom stereocenters. The third-order valence-electron chi connectivity index (χ3n) is 2.05. The fourth-order valence-corrected chi connectivity index (χ4v) is 1.63. The van der Waals surface area contributed by atoms with Crippen LogP contribution in [0.15, 0.2) is 34.7 Å². The Hall–Kier alpha value is -1.56. The van der Waals surface area contributed by atoms with E-state index in [-0.39, 0.29) is 16.0 Å². The van der Waals surface area contributed by atoms with Crippen molar-refractivity contribution in [2.75, 3.05) is 18.5 Å². The van der Waals surface area contributed by atoms with Crippen LogP contribution in [0.4, 0.5) is 10.1 Å². The molecule has 0 radical (unpaired) electrons.